The fourth-order valence-electron chi connectivity index (χ4n) is 1.74. The molecule has 0 aromatic carbocycles. The Labute approximate surface area is 92.7 Å². The Morgan fingerprint density at radius 3 is 2.80 bits per heavy atom. The van der Waals surface area contributed by atoms with E-state index in [1.54, 1.807) is 0 Å². The Bertz CT molecular complexity index is 268. The van der Waals surface area contributed by atoms with Crippen LogP contribution in [0.2, 0.25) is 0 Å². The van der Waals surface area contributed by atoms with Crippen LogP contribution in [-0.4, -0.2) is 9.55 Å². The highest BCUT2D eigenvalue weighted by Gasteiger charge is 2.08. The molecule has 86 valence electrons. The molecule has 0 bridgehead atoms. The van der Waals surface area contributed by atoms with E-state index in [-0.39, 0.29) is 6.04 Å². The number of imidazole rings is 1. The number of rotatable bonds is 7. The summed E-state index contributed by atoms with van der Waals surface area (Å²) in [5.41, 5.74) is 7.18. The lowest BCUT2D eigenvalue weighted by molar-refractivity contribution is 0.541. The molecule has 1 aromatic rings. The lowest BCUT2D eigenvalue weighted by atomic mass is 10.1. The fourth-order valence-corrected chi connectivity index (χ4v) is 1.74. The van der Waals surface area contributed by atoms with Crippen molar-refractivity contribution >= 4 is 0 Å². The molecule has 3 nitrogen and oxygen atoms in total. The number of unbranched alkanes of at least 4 members (excludes halogenated alkanes) is 3. The summed E-state index contributed by atoms with van der Waals surface area (Å²) in [6.07, 6.45) is 9.91. The molecule has 0 radical (unpaired) electrons. The van der Waals surface area contributed by atoms with E-state index >= 15 is 0 Å². The van der Waals surface area contributed by atoms with Crippen molar-refractivity contribution in [3.63, 3.8) is 0 Å². The second-order valence-corrected chi connectivity index (χ2v) is 4.09. The first-order valence-electron chi connectivity index (χ1n) is 6.05. The molecule has 3 heteroatoms. The number of aryl methyl sites for hydroxylation is 1. The van der Waals surface area contributed by atoms with Crippen molar-refractivity contribution in [2.45, 2.75) is 58.5 Å². The van der Waals surface area contributed by atoms with Gasteiger partial charge in [-0.3, -0.25) is 0 Å². The maximum Gasteiger partial charge on any atom is 0.0948 e. The third kappa shape index (κ3) is 3.67. The van der Waals surface area contributed by atoms with Crippen LogP contribution in [0.1, 0.15) is 57.7 Å². The average Bonchev–Trinajstić information content (AvgIpc) is 2.71. The highest BCUT2D eigenvalue weighted by molar-refractivity contribution is 5.03. The summed E-state index contributed by atoms with van der Waals surface area (Å²) < 4.78 is 2.20. The van der Waals surface area contributed by atoms with Gasteiger partial charge in [0.2, 0.25) is 0 Å². The Morgan fingerprint density at radius 2 is 2.13 bits per heavy atom. The van der Waals surface area contributed by atoms with Gasteiger partial charge in [-0.05, 0) is 12.8 Å². The van der Waals surface area contributed by atoms with Gasteiger partial charge in [0.1, 0.15) is 0 Å². The second kappa shape index (κ2) is 6.62. The van der Waals surface area contributed by atoms with Gasteiger partial charge < -0.3 is 10.3 Å². The minimum absolute atomic E-state index is 0.138. The highest BCUT2D eigenvalue weighted by Crippen LogP contribution is 2.14. The predicted molar refractivity (Wildman–Crippen MR) is 63.6 cm³/mol. The van der Waals surface area contributed by atoms with Crippen LogP contribution in [0.5, 0.6) is 0 Å². The molecule has 0 aliphatic heterocycles. The predicted octanol–water partition coefficient (Wildman–Crippen LogP) is 2.87. The maximum atomic E-state index is 6.01. The number of hydrogen-bond donors (Lipinski definition) is 1. The number of nitrogens with zero attached hydrogens (tertiary/aromatic N) is 2. The van der Waals surface area contributed by atoms with E-state index in [0.717, 1.165) is 13.0 Å². The lowest BCUT2D eigenvalue weighted by Crippen LogP contribution is -2.14. The highest BCUT2D eigenvalue weighted by atomic mass is 15.1. The van der Waals surface area contributed by atoms with Crippen molar-refractivity contribution in [2.24, 2.45) is 5.73 Å². The first-order valence-corrected chi connectivity index (χ1v) is 6.05. The van der Waals surface area contributed by atoms with Crippen LogP contribution >= 0.6 is 0 Å². The molecule has 1 aromatic heterocycles. The molecular formula is C12H23N3. The van der Waals surface area contributed by atoms with Gasteiger partial charge in [0, 0.05) is 18.8 Å². The quantitative estimate of drug-likeness (QED) is 0.702. The van der Waals surface area contributed by atoms with Crippen LogP contribution in [0.15, 0.2) is 12.5 Å². The molecule has 0 unspecified atom stereocenters. The SMILES string of the molecule is CCCCCCn1cncc1[C@H](N)CC. The third-order valence-electron chi connectivity index (χ3n) is 2.82. The molecule has 1 atom stereocenters. The molecule has 2 N–H and O–H groups in total. The zero-order valence-corrected chi connectivity index (χ0v) is 9.95. The molecule has 15 heavy (non-hydrogen) atoms. The van der Waals surface area contributed by atoms with Gasteiger partial charge in [-0.15, -0.1) is 0 Å². The minimum atomic E-state index is 0.138. The molecule has 0 fully saturated rings. The van der Waals surface area contributed by atoms with E-state index < -0.39 is 0 Å². The third-order valence-corrected chi connectivity index (χ3v) is 2.82. The van der Waals surface area contributed by atoms with Crippen molar-refractivity contribution in [3.05, 3.63) is 18.2 Å². The van der Waals surface area contributed by atoms with Crippen LogP contribution in [0.3, 0.4) is 0 Å². The van der Waals surface area contributed by atoms with Gasteiger partial charge in [0.15, 0.2) is 0 Å². The molecule has 1 heterocycles. The van der Waals surface area contributed by atoms with Gasteiger partial charge in [-0.2, -0.15) is 0 Å². The fraction of sp³-hybridized carbons (Fsp3) is 0.750. The van der Waals surface area contributed by atoms with Crippen molar-refractivity contribution in [1.82, 2.24) is 9.55 Å². The molecule has 0 aliphatic rings. The monoisotopic (exact) mass is 209 g/mol. The number of hydrogen-bond acceptors (Lipinski definition) is 2. The van der Waals surface area contributed by atoms with Gasteiger partial charge in [-0.25, -0.2) is 4.98 Å². The van der Waals surface area contributed by atoms with Gasteiger partial charge in [0.25, 0.3) is 0 Å². The van der Waals surface area contributed by atoms with Gasteiger partial charge in [0.05, 0.1) is 12.0 Å². The van der Waals surface area contributed by atoms with Gasteiger partial charge in [-0.1, -0.05) is 33.1 Å². The second-order valence-electron chi connectivity index (χ2n) is 4.09. The van der Waals surface area contributed by atoms with Crippen molar-refractivity contribution in [1.29, 1.82) is 0 Å². The van der Waals surface area contributed by atoms with Crippen LogP contribution in [0, 0.1) is 0 Å². The van der Waals surface area contributed by atoms with E-state index in [1.807, 2.05) is 12.5 Å². The topological polar surface area (TPSA) is 43.8 Å². The number of nitrogens with two attached hydrogens (primary N) is 1. The first-order chi connectivity index (χ1) is 7.29. The van der Waals surface area contributed by atoms with E-state index in [1.165, 1.54) is 31.4 Å². The molecule has 0 aliphatic carbocycles. The first kappa shape index (κ1) is 12.2. The molecule has 0 spiro atoms. The summed E-state index contributed by atoms with van der Waals surface area (Å²) in [6, 6.07) is 0.138. The van der Waals surface area contributed by atoms with Crippen molar-refractivity contribution in [3.8, 4) is 0 Å². The van der Waals surface area contributed by atoms with E-state index in [0.29, 0.717) is 0 Å². The summed E-state index contributed by atoms with van der Waals surface area (Å²) >= 11 is 0. The Hall–Kier alpha value is -0.830. The Kier molecular flexibility index (Phi) is 5.40. The Morgan fingerprint density at radius 1 is 1.33 bits per heavy atom. The number of aromatic nitrogens is 2. The minimum Gasteiger partial charge on any atom is -0.333 e. The molecular weight excluding hydrogens is 186 g/mol. The van der Waals surface area contributed by atoms with Gasteiger partial charge >= 0.3 is 0 Å². The standard InChI is InChI=1S/C12H23N3/c1-3-5-6-7-8-15-10-14-9-12(15)11(13)4-2/h9-11H,3-8,13H2,1-2H3/t11-/m1/s1. The van der Waals surface area contributed by atoms with Crippen molar-refractivity contribution in [2.75, 3.05) is 0 Å². The maximum absolute atomic E-state index is 6.01. The summed E-state index contributed by atoms with van der Waals surface area (Å²) in [5, 5.41) is 0. The summed E-state index contributed by atoms with van der Waals surface area (Å²) in [4.78, 5) is 4.17. The lowest BCUT2D eigenvalue weighted by Gasteiger charge is -2.12. The molecule has 0 saturated carbocycles. The summed E-state index contributed by atoms with van der Waals surface area (Å²) in [6.45, 7) is 5.40. The van der Waals surface area contributed by atoms with E-state index in [4.69, 9.17) is 5.73 Å². The zero-order valence-electron chi connectivity index (χ0n) is 9.95. The molecule has 0 amide bonds. The van der Waals surface area contributed by atoms with Crippen LogP contribution in [0.4, 0.5) is 0 Å². The van der Waals surface area contributed by atoms with E-state index in [2.05, 4.69) is 23.4 Å². The largest absolute Gasteiger partial charge is 0.333 e. The average molecular weight is 209 g/mol. The van der Waals surface area contributed by atoms with Crippen LogP contribution < -0.4 is 5.73 Å². The summed E-state index contributed by atoms with van der Waals surface area (Å²) in [5.74, 6) is 0. The van der Waals surface area contributed by atoms with Crippen LogP contribution in [0.25, 0.3) is 0 Å². The zero-order chi connectivity index (χ0) is 11.1. The van der Waals surface area contributed by atoms with Crippen LogP contribution in [-0.2, 0) is 6.54 Å². The smallest absolute Gasteiger partial charge is 0.0948 e. The summed E-state index contributed by atoms with van der Waals surface area (Å²) in [7, 11) is 0. The molecule has 1 rings (SSSR count). The van der Waals surface area contributed by atoms with Crippen molar-refractivity contribution < 1.29 is 0 Å². The molecule has 0 saturated heterocycles. The van der Waals surface area contributed by atoms with E-state index in [9.17, 15) is 0 Å². The normalized spacial score (nSPS) is 13.0. The Balaban J connectivity index is 2.43.